The Morgan fingerprint density at radius 3 is 2.28 bits per heavy atom. The van der Waals surface area contributed by atoms with Crippen LogP contribution in [0.4, 0.5) is 4.39 Å². The lowest BCUT2D eigenvalue weighted by atomic mass is 9.98. The number of carbonyl (C=O) groups is 2. The molecular weight excluding hydrogens is 545 g/mol. The summed E-state index contributed by atoms with van der Waals surface area (Å²) in [6, 6.07) is 1.46. The molecule has 10 heteroatoms. The van der Waals surface area contributed by atoms with E-state index in [9.17, 15) is 14.0 Å². The summed E-state index contributed by atoms with van der Waals surface area (Å²) in [4.78, 5) is 30.6. The topological polar surface area (TPSA) is 129 Å². The van der Waals surface area contributed by atoms with Crippen molar-refractivity contribution in [2.45, 2.75) is 120 Å². The molecule has 2 amide bonds. The first-order valence-electron chi connectivity index (χ1n) is 15.6. The highest BCUT2D eigenvalue weighted by atomic mass is 19.1. The Morgan fingerprint density at radius 1 is 1.23 bits per heavy atom. The number of halogens is 1. The second-order valence-corrected chi connectivity index (χ2v) is 9.97. The molecule has 9 nitrogen and oxygen atoms in total. The average Bonchev–Trinajstić information content (AvgIpc) is 3.66. The molecule has 3 atom stereocenters. The predicted molar refractivity (Wildman–Crippen MR) is 178 cm³/mol. The number of hydrogen-bond acceptors (Lipinski definition) is 5. The van der Waals surface area contributed by atoms with Gasteiger partial charge < -0.3 is 21.0 Å². The minimum absolute atomic E-state index is 0.0810. The Labute approximate surface area is 261 Å². The van der Waals surface area contributed by atoms with Gasteiger partial charge in [-0.2, -0.15) is 5.10 Å². The van der Waals surface area contributed by atoms with Crippen LogP contribution in [0.25, 0.3) is 0 Å². The summed E-state index contributed by atoms with van der Waals surface area (Å²) in [6.45, 7) is 20.4. The predicted octanol–water partition coefficient (Wildman–Crippen LogP) is 7.45. The van der Waals surface area contributed by atoms with Crippen LogP contribution in [0.1, 0.15) is 129 Å². The van der Waals surface area contributed by atoms with E-state index in [1.807, 2.05) is 34.6 Å². The van der Waals surface area contributed by atoms with Gasteiger partial charge in [0.25, 0.3) is 5.91 Å². The summed E-state index contributed by atoms with van der Waals surface area (Å²) in [7, 11) is 0. The monoisotopic (exact) mass is 605 g/mol. The van der Waals surface area contributed by atoms with Crippen LogP contribution in [0.3, 0.4) is 0 Å². The maximum absolute atomic E-state index is 12.6. The molecule has 0 saturated carbocycles. The van der Waals surface area contributed by atoms with Crippen molar-refractivity contribution in [2.24, 2.45) is 11.8 Å². The van der Waals surface area contributed by atoms with Crippen LogP contribution in [0.5, 0.6) is 0 Å². The minimum atomic E-state index is -0.556. The number of H-pyrrole nitrogens is 1. The number of carbonyl (C=O) groups excluding carboxylic acids is 2. The highest BCUT2D eigenvalue weighted by Crippen LogP contribution is 2.21. The van der Waals surface area contributed by atoms with Gasteiger partial charge >= 0.3 is 0 Å². The Hall–Kier alpha value is -3.48. The number of nitrogens with zero attached hydrogens (tertiary/aromatic N) is 3. The molecule has 3 rings (SSSR count). The highest BCUT2D eigenvalue weighted by molar-refractivity contribution is 5.92. The van der Waals surface area contributed by atoms with Crippen molar-refractivity contribution in [3.63, 3.8) is 0 Å². The third-order valence-corrected chi connectivity index (χ3v) is 6.05. The molecule has 43 heavy (non-hydrogen) atoms. The standard InChI is InChI=1S/C18H28FN5O.C6H11NO.C3H7N.2C2H6.C2H2/c1-4-13(2)6-5-7-15(16-12-20-14(3)22-16)23-18(25)17-8-10-21-24(17)11-9-19;1-5-2-3-6(8)7-4-5;1-3(2)4;3*1-2/h8,10,12-13,15H,4-7,9,11H2,1-3H3,(H,20,22)(H,23,25);5H,2-4H2,1H3,(H,7,8);4H,1-2H3;2*1-2H3;1-2H. The number of aromatic nitrogens is 4. The third kappa shape index (κ3) is 21.8. The summed E-state index contributed by atoms with van der Waals surface area (Å²) in [6.07, 6.45) is 17.2. The fourth-order valence-electron chi connectivity index (χ4n) is 3.67. The lowest BCUT2D eigenvalue weighted by Crippen LogP contribution is -2.33. The average molecular weight is 606 g/mol. The molecule has 1 aliphatic rings. The van der Waals surface area contributed by atoms with E-state index in [1.54, 1.807) is 26.1 Å². The number of imidazole rings is 1. The van der Waals surface area contributed by atoms with E-state index in [4.69, 9.17) is 5.41 Å². The van der Waals surface area contributed by atoms with Gasteiger partial charge in [0.15, 0.2) is 0 Å². The molecule has 1 saturated heterocycles. The van der Waals surface area contributed by atoms with Gasteiger partial charge in [-0.1, -0.05) is 67.7 Å². The molecule has 1 aliphatic heterocycles. The molecular formula is C33H60FN7O2. The lowest BCUT2D eigenvalue weighted by molar-refractivity contribution is -0.122. The summed E-state index contributed by atoms with van der Waals surface area (Å²) in [5.41, 5.74) is 1.94. The Kier molecular flexibility index (Phi) is 29.3. The van der Waals surface area contributed by atoms with Crippen LogP contribution in [0.15, 0.2) is 18.5 Å². The molecule has 0 aliphatic carbocycles. The van der Waals surface area contributed by atoms with E-state index in [0.29, 0.717) is 23.2 Å². The zero-order chi connectivity index (χ0) is 33.8. The summed E-state index contributed by atoms with van der Waals surface area (Å²) >= 11 is 0. The van der Waals surface area contributed by atoms with Crippen LogP contribution >= 0.6 is 0 Å². The molecule has 4 N–H and O–H groups in total. The molecule has 2 aromatic rings. The maximum atomic E-state index is 12.6. The maximum Gasteiger partial charge on any atom is 0.270 e. The SMILES string of the molecule is C#C.CC.CC.CC(C)=N.CC1CCC(=O)NC1.CCC(C)CCCC(NC(=O)c1ccnn1CCF)c1cnc(C)[nH]1. The number of piperidine rings is 1. The van der Waals surface area contributed by atoms with Gasteiger partial charge in [0.05, 0.1) is 24.5 Å². The minimum Gasteiger partial charge on any atom is -0.356 e. The van der Waals surface area contributed by atoms with Crippen LogP contribution in [-0.4, -0.2) is 50.5 Å². The first-order chi connectivity index (χ1) is 20.6. The van der Waals surface area contributed by atoms with Crippen LogP contribution in [-0.2, 0) is 11.3 Å². The number of aryl methyl sites for hydroxylation is 2. The second kappa shape index (κ2) is 28.6. The molecule has 1 fully saturated rings. The van der Waals surface area contributed by atoms with Crippen molar-refractivity contribution in [1.82, 2.24) is 30.4 Å². The number of aromatic amines is 1. The third-order valence-electron chi connectivity index (χ3n) is 6.05. The summed E-state index contributed by atoms with van der Waals surface area (Å²) in [5.74, 6) is 2.15. The molecule has 0 aromatic carbocycles. The highest BCUT2D eigenvalue weighted by Gasteiger charge is 2.20. The molecule has 0 spiro atoms. The number of alkyl halides is 1. The van der Waals surface area contributed by atoms with E-state index in [1.165, 1.54) is 10.9 Å². The zero-order valence-corrected chi connectivity index (χ0v) is 28.5. The molecule has 0 radical (unpaired) electrons. The first kappa shape index (κ1) is 44.0. The molecule has 246 valence electrons. The second-order valence-electron chi connectivity index (χ2n) is 9.97. The quantitative estimate of drug-likeness (QED) is 0.166. The van der Waals surface area contributed by atoms with Crippen molar-refractivity contribution in [1.29, 1.82) is 5.41 Å². The van der Waals surface area contributed by atoms with E-state index in [-0.39, 0.29) is 24.4 Å². The van der Waals surface area contributed by atoms with Crippen LogP contribution in [0, 0.1) is 37.0 Å². The summed E-state index contributed by atoms with van der Waals surface area (Å²) < 4.78 is 14.0. The normalized spacial score (nSPS) is 14.3. The van der Waals surface area contributed by atoms with E-state index in [2.05, 4.69) is 59.3 Å². The Balaban J connectivity index is -0.000000729. The van der Waals surface area contributed by atoms with Crippen molar-refractivity contribution in [3.8, 4) is 12.8 Å². The van der Waals surface area contributed by atoms with Gasteiger partial charge in [-0.25, -0.2) is 9.37 Å². The number of rotatable bonds is 10. The van der Waals surface area contributed by atoms with Crippen molar-refractivity contribution in [2.75, 3.05) is 13.2 Å². The van der Waals surface area contributed by atoms with Crippen molar-refractivity contribution >= 4 is 17.5 Å². The largest absolute Gasteiger partial charge is 0.356 e. The van der Waals surface area contributed by atoms with E-state index in [0.717, 1.165) is 56.6 Å². The smallest absolute Gasteiger partial charge is 0.270 e. The van der Waals surface area contributed by atoms with Gasteiger partial charge in [0.2, 0.25) is 5.91 Å². The van der Waals surface area contributed by atoms with Gasteiger partial charge in [-0.15, -0.1) is 12.8 Å². The van der Waals surface area contributed by atoms with Crippen LogP contribution < -0.4 is 10.6 Å². The molecule has 0 bridgehead atoms. The van der Waals surface area contributed by atoms with Crippen molar-refractivity contribution in [3.05, 3.63) is 35.7 Å². The van der Waals surface area contributed by atoms with E-state index >= 15 is 0 Å². The fraction of sp³-hybridized carbons (Fsp3) is 0.667. The first-order valence-corrected chi connectivity index (χ1v) is 15.6. The molecule has 2 aromatic heterocycles. The van der Waals surface area contributed by atoms with Crippen molar-refractivity contribution < 1.29 is 14.0 Å². The Morgan fingerprint density at radius 2 is 1.84 bits per heavy atom. The molecule has 3 unspecified atom stereocenters. The number of terminal acetylenes is 1. The van der Waals surface area contributed by atoms with Gasteiger partial charge in [0, 0.05) is 24.9 Å². The van der Waals surface area contributed by atoms with Gasteiger partial charge in [-0.05, 0) is 51.5 Å². The fourth-order valence-corrected chi connectivity index (χ4v) is 3.67. The lowest BCUT2D eigenvalue weighted by Gasteiger charge is -2.19. The number of amides is 2. The number of nitrogens with one attached hydrogen (secondary N) is 4. The van der Waals surface area contributed by atoms with E-state index < -0.39 is 6.67 Å². The summed E-state index contributed by atoms with van der Waals surface area (Å²) in [5, 5.41) is 16.3. The molecule has 3 heterocycles. The van der Waals surface area contributed by atoms with Crippen LogP contribution in [0.2, 0.25) is 0 Å². The van der Waals surface area contributed by atoms with Gasteiger partial charge in [0.1, 0.15) is 18.2 Å². The number of hydrogen-bond donors (Lipinski definition) is 4. The zero-order valence-electron chi connectivity index (χ0n) is 28.5. The Bertz CT molecular complexity index is 986. The van der Waals surface area contributed by atoms with Gasteiger partial charge in [-0.3, -0.25) is 14.3 Å².